The predicted molar refractivity (Wildman–Crippen MR) is 106 cm³/mol. The molecule has 2 aromatic carbocycles. The van der Waals surface area contributed by atoms with Crippen molar-refractivity contribution in [3.63, 3.8) is 0 Å². The first-order valence-corrected chi connectivity index (χ1v) is 9.02. The minimum Gasteiger partial charge on any atom is -0.317 e. The van der Waals surface area contributed by atoms with Gasteiger partial charge >= 0.3 is 0 Å². The van der Waals surface area contributed by atoms with Crippen LogP contribution in [0.5, 0.6) is 0 Å². The van der Waals surface area contributed by atoms with Gasteiger partial charge in [0.15, 0.2) is 5.82 Å². The van der Waals surface area contributed by atoms with Gasteiger partial charge in [0, 0.05) is 16.2 Å². The van der Waals surface area contributed by atoms with E-state index in [2.05, 4.69) is 31.3 Å². The van der Waals surface area contributed by atoms with Gasteiger partial charge in [-0.25, -0.2) is 14.1 Å². The van der Waals surface area contributed by atoms with E-state index in [-0.39, 0.29) is 11.4 Å². The van der Waals surface area contributed by atoms with Gasteiger partial charge in [0.05, 0.1) is 23.6 Å². The first-order chi connectivity index (χ1) is 13.1. The average molecular weight is 425 g/mol. The van der Waals surface area contributed by atoms with E-state index >= 15 is 0 Å². The molecular formula is C20H14BrFN4O. The van der Waals surface area contributed by atoms with Gasteiger partial charge in [0.2, 0.25) is 0 Å². The van der Waals surface area contributed by atoms with Crippen LogP contribution in [0, 0.1) is 5.82 Å². The van der Waals surface area contributed by atoms with Crippen molar-refractivity contribution in [3.8, 4) is 11.4 Å². The van der Waals surface area contributed by atoms with E-state index in [4.69, 9.17) is 0 Å². The lowest BCUT2D eigenvalue weighted by atomic mass is 10.2. The highest BCUT2D eigenvalue weighted by molar-refractivity contribution is 9.10. The van der Waals surface area contributed by atoms with E-state index in [1.54, 1.807) is 30.6 Å². The summed E-state index contributed by atoms with van der Waals surface area (Å²) >= 11 is 3.41. The Kier molecular flexibility index (Phi) is 4.68. The molecule has 0 radical (unpaired) electrons. The lowest BCUT2D eigenvalue weighted by molar-refractivity contribution is 0.628. The van der Waals surface area contributed by atoms with Crippen LogP contribution >= 0.6 is 15.9 Å². The van der Waals surface area contributed by atoms with Gasteiger partial charge in [-0.15, -0.1) is 0 Å². The van der Waals surface area contributed by atoms with Crippen molar-refractivity contribution in [2.45, 2.75) is 6.54 Å². The van der Waals surface area contributed by atoms with Crippen molar-refractivity contribution in [2.24, 2.45) is 0 Å². The van der Waals surface area contributed by atoms with Crippen LogP contribution in [0.3, 0.4) is 0 Å². The Labute approximate surface area is 162 Å². The Balaban J connectivity index is 1.82. The summed E-state index contributed by atoms with van der Waals surface area (Å²) in [7, 11) is 0. The number of nitrogens with zero attached hydrogens (tertiary/aromatic N) is 3. The second kappa shape index (κ2) is 7.28. The van der Waals surface area contributed by atoms with E-state index in [0.717, 1.165) is 10.0 Å². The monoisotopic (exact) mass is 424 g/mol. The zero-order valence-corrected chi connectivity index (χ0v) is 15.6. The summed E-state index contributed by atoms with van der Waals surface area (Å²) in [6, 6.07) is 15.3. The van der Waals surface area contributed by atoms with Crippen LogP contribution in [0.2, 0.25) is 0 Å². The molecular weight excluding hydrogens is 411 g/mol. The van der Waals surface area contributed by atoms with Crippen LogP contribution < -0.4 is 11.0 Å². The van der Waals surface area contributed by atoms with Crippen LogP contribution in [0.1, 0.15) is 5.56 Å². The Morgan fingerprint density at radius 2 is 1.78 bits per heavy atom. The van der Waals surface area contributed by atoms with E-state index in [1.807, 2.05) is 24.3 Å². The minimum absolute atomic E-state index is 0.237. The zero-order chi connectivity index (χ0) is 18.8. The number of hydrogen-bond acceptors (Lipinski definition) is 4. The number of rotatable bonds is 4. The van der Waals surface area contributed by atoms with Crippen LogP contribution in [0.15, 0.2) is 76.3 Å². The number of hydrogen-bond donors (Lipinski definition) is 1. The van der Waals surface area contributed by atoms with Crippen molar-refractivity contribution in [1.82, 2.24) is 14.6 Å². The number of pyridine rings is 1. The first-order valence-electron chi connectivity index (χ1n) is 8.23. The van der Waals surface area contributed by atoms with Gasteiger partial charge in [-0.05, 0) is 48.0 Å². The smallest absolute Gasteiger partial charge is 0.280 e. The molecule has 0 spiro atoms. The van der Waals surface area contributed by atoms with Gasteiger partial charge in [-0.3, -0.25) is 9.78 Å². The topological polar surface area (TPSA) is 59.8 Å². The maximum absolute atomic E-state index is 13.3. The lowest BCUT2D eigenvalue weighted by Crippen LogP contribution is -2.31. The summed E-state index contributed by atoms with van der Waals surface area (Å²) < 4.78 is 15.7. The largest absolute Gasteiger partial charge is 0.317 e. The summed E-state index contributed by atoms with van der Waals surface area (Å²) in [5.41, 5.74) is 5.02. The van der Waals surface area contributed by atoms with E-state index in [0.29, 0.717) is 28.8 Å². The van der Waals surface area contributed by atoms with Gasteiger partial charge in [0.25, 0.3) is 5.56 Å². The molecule has 0 aliphatic carbocycles. The zero-order valence-electron chi connectivity index (χ0n) is 14.1. The molecule has 27 heavy (non-hydrogen) atoms. The second-order valence-corrected chi connectivity index (χ2v) is 6.85. The molecule has 0 saturated carbocycles. The molecule has 4 rings (SSSR count). The third kappa shape index (κ3) is 3.59. The molecule has 7 heteroatoms. The second-order valence-electron chi connectivity index (χ2n) is 5.94. The highest BCUT2D eigenvalue weighted by atomic mass is 79.9. The Morgan fingerprint density at radius 1 is 1.04 bits per heavy atom. The van der Waals surface area contributed by atoms with Crippen molar-refractivity contribution in [2.75, 3.05) is 5.43 Å². The van der Waals surface area contributed by atoms with Crippen molar-refractivity contribution in [3.05, 3.63) is 93.2 Å². The van der Waals surface area contributed by atoms with Gasteiger partial charge < -0.3 is 5.43 Å². The third-order valence-electron chi connectivity index (χ3n) is 4.13. The number of halogens is 2. The molecule has 0 saturated heterocycles. The molecule has 0 atom stereocenters. The Morgan fingerprint density at radius 3 is 2.52 bits per heavy atom. The van der Waals surface area contributed by atoms with Crippen molar-refractivity contribution >= 4 is 26.8 Å². The van der Waals surface area contributed by atoms with E-state index in [9.17, 15) is 9.18 Å². The molecule has 0 fully saturated rings. The SMILES string of the molecule is O=c1c2ccncc2nc(-c2ccc(F)cc2)n1NCc1ccc(Br)cc1. The third-order valence-corrected chi connectivity index (χ3v) is 4.66. The molecule has 0 aliphatic heterocycles. The quantitative estimate of drug-likeness (QED) is 0.535. The highest BCUT2D eigenvalue weighted by Gasteiger charge is 2.13. The summed E-state index contributed by atoms with van der Waals surface area (Å²) in [4.78, 5) is 21.6. The fraction of sp³-hybridized carbons (Fsp3) is 0.0500. The average Bonchev–Trinajstić information content (AvgIpc) is 2.69. The fourth-order valence-electron chi connectivity index (χ4n) is 2.75. The minimum atomic E-state index is -0.349. The van der Waals surface area contributed by atoms with Gasteiger partial charge in [-0.2, -0.15) is 0 Å². The molecule has 5 nitrogen and oxygen atoms in total. The molecule has 1 N–H and O–H groups in total. The molecule has 2 heterocycles. The standard InChI is InChI=1S/C20H14BrFN4O/c21-15-5-1-13(2-6-15)11-24-26-19(14-3-7-16(22)8-4-14)25-18-12-23-10-9-17(18)20(26)27/h1-10,12,24H,11H2. The van der Waals surface area contributed by atoms with Crippen molar-refractivity contribution < 1.29 is 4.39 Å². The molecule has 2 aromatic heterocycles. The summed E-state index contributed by atoms with van der Waals surface area (Å²) in [5, 5.41) is 0.458. The molecule has 4 aromatic rings. The Bertz CT molecular complexity index is 1160. The molecule has 0 unspecified atom stereocenters. The normalized spacial score (nSPS) is 10.9. The Hall–Kier alpha value is -3.06. The molecule has 0 amide bonds. The highest BCUT2D eigenvalue weighted by Crippen LogP contribution is 2.19. The summed E-state index contributed by atoms with van der Waals surface area (Å²) in [6.07, 6.45) is 3.10. The number of aromatic nitrogens is 3. The van der Waals surface area contributed by atoms with Crippen LogP contribution in [-0.2, 0) is 6.54 Å². The van der Waals surface area contributed by atoms with Gasteiger partial charge in [-0.1, -0.05) is 28.1 Å². The summed E-state index contributed by atoms with van der Waals surface area (Å²) in [5.74, 6) is 0.0514. The molecule has 0 aliphatic rings. The molecule has 134 valence electrons. The number of nitrogens with one attached hydrogen (secondary N) is 1. The van der Waals surface area contributed by atoms with E-state index < -0.39 is 0 Å². The predicted octanol–water partition coefficient (Wildman–Crippen LogP) is 4.10. The van der Waals surface area contributed by atoms with Crippen LogP contribution in [0.4, 0.5) is 4.39 Å². The number of fused-ring (bicyclic) bond motifs is 1. The first kappa shape index (κ1) is 17.4. The fourth-order valence-corrected chi connectivity index (χ4v) is 3.01. The lowest BCUT2D eigenvalue weighted by Gasteiger charge is -2.15. The van der Waals surface area contributed by atoms with E-state index in [1.165, 1.54) is 16.8 Å². The maximum atomic E-state index is 13.3. The molecule has 0 bridgehead atoms. The van der Waals surface area contributed by atoms with Crippen LogP contribution in [0.25, 0.3) is 22.3 Å². The van der Waals surface area contributed by atoms with Crippen molar-refractivity contribution in [1.29, 1.82) is 0 Å². The maximum Gasteiger partial charge on any atom is 0.280 e. The number of benzene rings is 2. The van der Waals surface area contributed by atoms with Crippen LogP contribution in [-0.4, -0.2) is 14.6 Å². The van der Waals surface area contributed by atoms with Gasteiger partial charge in [0.1, 0.15) is 5.82 Å². The summed E-state index contributed by atoms with van der Waals surface area (Å²) in [6.45, 7) is 0.430.